The highest BCUT2D eigenvalue weighted by Crippen LogP contribution is 2.19. The van der Waals surface area contributed by atoms with Crippen LogP contribution < -0.4 is 5.32 Å². The molecule has 25 heavy (non-hydrogen) atoms. The lowest BCUT2D eigenvalue weighted by Gasteiger charge is -2.28. The Morgan fingerprint density at radius 3 is 2.72 bits per heavy atom. The molecule has 1 N–H and O–H groups in total. The fourth-order valence-corrected chi connectivity index (χ4v) is 3.20. The first-order chi connectivity index (χ1) is 12.2. The molecule has 1 atom stereocenters. The van der Waals surface area contributed by atoms with E-state index >= 15 is 0 Å². The van der Waals surface area contributed by atoms with Gasteiger partial charge in [0.05, 0.1) is 12.2 Å². The molecule has 0 spiro atoms. The molecule has 1 amide bonds. The highest BCUT2D eigenvalue weighted by molar-refractivity contribution is 5.92. The normalized spacial score (nSPS) is 16.6. The van der Waals surface area contributed by atoms with Crippen LogP contribution in [0.2, 0.25) is 0 Å². The predicted molar refractivity (Wildman–Crippen MR) is 97.2 cm³/mol. The van der Waals surface area contributed by atoms with E-state index in [-0.39, 0.29) is 11.9 Å². The maximum Gasteiger partial charge on any atom is 0.276 e. The smallest absolute Gasteiger partial charge is 0.276 e. The third-order valence-corrected chi connectivity index (χ3v) is 4.99. The molecular formula is C19H27N5O. The molecule has 2 aromatic rings. The largest absolute Gasteiger partial charge is 0.330 e. The maximum atomic E-state index is 13.0. The van der Waals surface area contributed by atoms with Crippen LogP contribution in [0.15, 0.2) is 36.5 Å². The van der Waals surface area contributed by atoms with Crippen molar-refractivity contribution in [1.82, 2.24) is 25.2 Å². The number of nitrogens with zero attached hydrogens (tertiary/aromatic N) is 4. The van der Waals surface area contributed by atoms with Gasteiger partial charge in [0.1, 0.15) is 0 Å². The van der Waals surface area contributed by atoms with Crippen molar-refractivity contribution in [3.8, 4) is 0 Å². The van der Waals surface area contributed by atoms with Crippen LogP contribution in [-0.2, 0) is 6.54 Å². The first-order valence-electron chi connectivity index (χ1n) is 9.16. The number of hydrogen-bond acceptors (Lipinski definition) is 4. The van der Waals surface area contributed by atoms with Gasteiger partial charge in [0.2, 0.25) is 0 Å². The SMILES string of the molecule is CCC(C)N(Cc1ccccc1)C(=O)c1cn(C2CCNCC2)nn1. The van der Waals surface area contributed by atoms with E-state index in [2.05, 4.69) is 41.6 Å². The van der Waals surface area contributed by atoms with Gasteiger partial charge >= 0.3 is 0 Å². The molecule has 1 aromatic carbocycles. The third kappa shape index (κ3) is 4.25. The number of rotatable bonds is 6. The van der Waals surface area contributed by atoms with E-state index < -0.39 is 0 Å². The molecule has 0 bridgehead atoms. The first kappa shape index (κ1) is 17.6. The van der Waals surface area contributed by atoms with E-state index in [1.165, 1.54) is 0 Å². The molecule has 0 aliphatic carbocycles. The van der Waals surface area contributed by atoms with Crippen molar-refractivity contribution < 1.29 is 4.79 Å². The Morgan fingerprint density at radius 2 is 2.04 bits per heavy atom. The molecule has 0 radical (unpaired) electrons. The van der Waals surface area contributed by atoms with E-state index in [4.69, 9.17) is 0 Å². The van der Waals surface area contributed by atoms with Crippen molar-refractivity contribution in [3.05, 3.63) is 47.8 Å². The minimum Gasteiger partial charge on any atom is -0.330 e. The summed E-state index contributed by atoms with van der Waals surface area (Å²) in [6.45, 7) is 6.75. The molecule has 2 heterocycles. The van der Waals surface area contributed by atoms with Gasteiger partial charge < -0.3 is 10.2 Å². The van der Waals surface area contributed by atoms with Gasteiger partial charge in [0.25, 0.3) is 5.91 Å². The summed E-state index contributed by atoms with van der Waals surface area (Å²) < 4.78 is 1.87. The Morgan fingerprint density at radius 1 is 1.32 bits per heavy atom. The second-order valence-corrected chi connectivity index (χ2v) is 6.74. The lowest BCUT2D eigenvalue weighted by Crippen LogP contribution is -2.38. The minimum absolute atomic E-state index is 0.0432. The minimum atomic E-state index is -0.0432. The lowest BCUT2D eigenvalue weighted by molar-refractivity contribution is 0.0665. The van der Waals surface area contributed by atoms with Gasteiger partial charge in [-0.3, -0.25) is 4.79 Å². The van der Waals surface area contributed by atoms with E-state index in [1.807, 2.05) is 34.0 Å². The van der Waals surface area contributed by atoms with Gasteiger partial charge in [-0.15, -0.1) is 5.10 Å². The van der Waals surface area contributed by atoms with Gasteiger partial charge in [-0.1, -0.05) is 42.5 Å². The van der Waals surface area contributed by atoms with Gasteiger partial charge in [-0.2, -0.15) is 0 Å². The molecule has 6 nitrogen and oxygen atoms in total. The Labute approximate surface area is 149 Å². The molecule has 1 aliphatic heterocycles. The van der Waals surface area contributed by atoms with Crippen LogP contribution in [0.25, 0.3) is 0 Å². The second-order valence-electron chi connectivity index (χ2n) is 6.74. The van der Waals surface area contributed by atoms with E-state index in [0.29, 0.717) is 18.3 Å². The number of aromatic nitrogens is 3. The fourth-order valence-electron chi connectivity index (χ4n) is 3.20. The zero-order valence-electron chi connectivity index (χ0n) is 15.1. The molecule has 1 saturated heterocycles. The van der Waals surface area contributed by atoms with Crippen LogP contribution in [0.5, 0.6) is 0 Å². The Kier molecular flexibility index (Phi) is 5.81. The Balaban J connectivity index is 1.76. The van der Waals surface area contributed by atoms with Crippen LogP contribution in [0.1, 0.15) is 55.2 Å². The summed E-state index contributed by atoms with van der Waals surface area (Å²) in [6, 6.07) is 10.6. The topological polar surface area (TPSA) is 63.1 Å². The third-order valence-electron chi connectivity index (χ3n) is 4.99. The molecule has 6 heteroatoms. The van der Waals surface area contributed by atoms with Crippen LogP contribution in [0.4, 0.5) is 0 Å². The lowest BCUT2D eigenvalue weighted by atomic mass is 10.1. The molecule has 1 aromatic heterocycles. The summed E-state index contributed by atoms with van der Waals surface area (Å²) in [5.74, 6) is -0.0432. The van der Waals surface area contributed by atoms with Gasteiger partial charge in [-0.05, 0) is 44.8 Å². The van der Waals surface area contributed by atoms with Crippen molar-refractivity contribution in [3.63, 3.8) is 0 Å². The van der Waals surface area contributed by atoms with Crippen molar-refractivity contribution in [1.29, 1.82) is 0 Å². The number of hydrogen-bond donors (Lipinski definition) is 1. The summed E-state index contributed by atoms with van der Waals surface area (Å²) in [5, 5.41) is 11.7. The highest BCUT2D eigenvalue weighted by atomic mass is 16.2. The molecule has 0 saturated carbocycles. The van der Waals surface area contributed by atoms with Crippen molar-refractivity contribution in [2.24, 2.45) is 0 Å². The van der Waals surface area contributed by atoms with E-state index in [0.717, 1.165) is 37.9 Å². The molecule has 1 unspecified atom stereocenters. The molecular weight excluding hydrogens is 314 g/mol. The summed E-state index contributed by atoms with van der Waals surface area (Å²) in [6.07, 6.45) is 4.77. The average Bonchev–Trinajstić information content (AvgIpc) is 3.17. The van der Waals surface area contributed by atoms with Crippen molar-refractivity contribution in [2.45, 2.75) is 51.7 Å². The highest BCUT2D eigenvalue weighted by Gasteiger charge is 2.25. The molecule has 1 fully saturated rings. The Hall–Kier alpha value is -2.21. The van der Waals surface area contributed by atoms with Crippen LogP contribution in [0.3, 0.4) is 0 Å². The summed E-state index contributed by atoms with van der Waals surface area (Å²) in [5.41, 5.74) is 1.57. The summed E-state index contributed by atoms with van der Waals surface area (Å²) in [7, 11) is 0. The van der Waals surface area contributed by atoms with Crippen LogP contribution >= 0.6 is 0 Å². The Bertz CT molecular complexity index is 678. The van der Waals surface area contributed by atoms with Gasteiger partial charge in [0, 0.05) is 12.6 Å². The zero-order valence-corrected chi connectivity index (χ0v) is 15.1. The summed E-state index contributed by atoms with van der Waals surface area (Å²) >= 11 is 0. The number of piperidine rings is 1. The number of carbonyl (C=O) groups excluding carboxylic acids is 1. The predicted octanol–water partition coefficient (Wildman–Crippen LogP) is 2.64. The maximum absolute atomic E-state index is 13.0. The first-order valence-corrected chi connectivity index (χ1v) is 9.16. The van der Waals surface area contributed by atoms with Crippen LogP contribution in [-0.4, -0.2) is 44.9 Å². The monoisotopic (exact) mass is 341 g/mol. The zero-order chi connectivity index (χ0) is 17.6. The molecule has 1 aliphatic rings. The number of nitrogens with one attached hydrogen (secondary N) is 1. The van der Waals surface area contributed by atoms with Crippen molar-refractivity contribution >= 4 is 5.91 Å². The second kappa shape index (κ2) is 8.25. The summed E-state index contributed by atoms with van der Waals surface area (Å²) in [4.78, 5) is 14.9. The quantitative estimate of drug-likeness (QED) is 0.877. The average molecular weight is 341 g/mol. The van der Waals surface area contributed by atoms with Gasteiger partial charge in [0.15, 0.2) is 5.69 Å². The number of amides is 1. The number of benzene rings is 1. The standard InChI is InChI=1S/C19H27N5O/c1-3-15(2)23(13-16-7-5-4-6-8-16)19(25)18-14-24(22-21-18)17-9-11-20-12-10-17/h4-8,14-15,17,20H,3,9-13H2,1-2H3. The van der Waals surface area contributed by atoms with E-state index in [1.54, 1.807) is 0 Å². The number of carbonyl (C=O) groups is 1. The molecule has 134 valence electrons. The van der Waals surface area contributed by atoms with E-state index in [9.17, 15) is 4.79 Å². The van der Waals surface area contributed by atoms with Crippen molar-refractivity contribution in [2.75, 3.05) is 13.1 Å². The molecule has 3 rings (SSSR count). The van der Waals surface area contributed by atoms with Crippen LogP contribution in [0, 0.1) is 0 Å². The fraction of sp³-hybridized carbons (Fsp3) is 0.526. The van der Waals surface area contributed by atoms with Gasteiger partial charge in [-0.25, -0.2) is 4.68 Å².